The van der Waals surface area contributed by atoms with E-state index in [-0.39, 0.29) is 30.3 Å². The molecule has 1 heterocycles. The number of sulfonamides is 1. The third-order valence-electron chi connectivity index (χ3n) is 6.68. The number of anilines is 1. The van der Waals surface area contributed by atoms with Gasteiger partial charge in [0.15, 0.2) is 11.5 Å². The number of hydrogen-bond donors (Lipinski definition) is 1. The molecular formula is C30H34ClN3O6S. The predicted molar refractivity (Wildman–Crippen MR) is 159 cm³/mol. The van der Waals surface area contributed by atoms with Gasteiger partial charge in [-0.3, -0.25) is 13.9 Å². The molecule has 41 heavy (non-hydrogen) atoms. The van der Waals surface area contributed by atoms with Crippen molar-refractivity contribution in [2.24, 2.45) is 0 Å². The summed E-state index contributed by atoms with van der Waals surface area (Å²) in [5.74, 6) is -0.180. The van der Waals surface area contributed by atoms with Crippen molar-refractivity contribution in [1.82, 2.24) is 10.2 Å². The number of likely N-dealkylation sites (N-methyl/N-ethyl adjacent to an activating group) is 1. The Morgan fingerprint density at radius 1 is 0.927 bits per heavy atom. The number of carbonyl (C=O) groups excluding carboxylic acids is 2. The quantitative estimate of drug-likeness (QED) is 0.337. The van der Waals surface area contributed by atoms with Crippen molar-refractivity contribution >= 4 is 39.1 Å². The summed E-state index contributed by atoms with van der Waals surface area (Å²) < 4.78 is 38.9. The second kappa shape index (κ2) is 13.7. The van der Waals surface area contributed by atoms with Crippen LogP contribution in [0.5, 0.6) is 11.5 Å². The molecule has 3 aromatic rings. The number of halogens is 1. The highest BCUT2D eigenvalue weighted by molar-refractivity contribution is 7.92. The van der Waals surface area contributed by atoms with Crippen LogP contribution in [0.1, 0.15) is 25.0 Å². The molecule has 1 aliphatic heterocycles. The van der Waals surface area contributed by atoms with Crippen LogP contribution in [0, 0.1) is 0 Å². The molecule has 0 bridgehead atoms. The van der Waals surface area contributed by atoms with E-state index in [0.717, 1.165) is 15.4 Å². The fraction of sp³-hybridized carbons (Fsp3) is 0.333. The average molecular weight is 600 g/mol. The second-order valence-electron chi connectivity index (χ2n) is 9.48. The van der Waals surface area contributed by atoms with Gasteiger partial charge in [-0.25, -0.2) is 8.42 Å². The Labute approximate surface area is 246 Å². The van der Waals surface area contributed by atoms with Crippen molar-refractivity contribution in [2.75, 3.05) is 36.4 Å². The first-order chi connectivity index (χ1) is 19.7. The molecule has 3 aromatic carbocycles. The lowest BCUT2D eigenvalue weighted by Crippen LogP contribution is -2.53. The number of ether oxygens (including phenoxy) is 2. The predicted octanol–water partition coefficient (Wildman–Crippen LogP) is 4.04. The van der Waals surface area contributed by atoms with Gasteiger partial charge in [0.1, 0.15) is 25.8 Å². The van der Waals surface area contributed by atoms with E-state index in [1.54, 1.807) is 49.4 Å². The molecule has 1 aliphatic rings. The molecule has 11 heteroatoms. The van der Waals surface area contributed by atoms with Gasteiger partial charge in [0.05, 0.1) is 11.4 Å². The molecule has 0 saturated carbocycles. The van der Waals surface area contributed by atoms with Crippen LogP contribution in [0.3, 0.4) is 0 Å². The number of amides is 2. The summed E-state index contributed by atoms with van der Waals surface area (Å²) in [6.45, 7) is 3.99. The summed E-state index contributed by atoms with van der Waals surface area (Å²) in [7, 11) is -3.89. The highest BCUT2D eigenvalue weighted by atomic mass is 35.5. The molecule has 0 spiro atoms. The number of rotatable bonds is 12. The Morgan fingerprint density at radius 2 is 1.61 bits per heavy atom. The zero-order valence-corrected chi connectivity index (χ0v) is 24.7. The summed E-state index contributed by atoms with van der Waals surface area (Å²) in [5, 5.41) is 3.38. The lowest BCUT2D eigenvalue weighted by Gasteiger charge is -2.34. The molecule has 4 rings (SSSR count). The molecule has 1 atom stereocenters. The van der Waals surface area contributed by atoms with E-state index in [1.807, 2.05) is 30.3 Å². The number of nitrogens with zero attached hydrogens (tertiary/aromatic N) is 2. The van der Waals surface area contributed by atoms with E-state index < -0.39 is 28.5 Å². The molecule has 0 fully saturated rings. The topological polar surface area (TPSA) is 105 Å². The Morgan fingerprint density at radius 3 is 2.27 bits per heavy atom. The van der Waals surface area contributed by atoms with Gasteiger partial charge in [0.25, 0.3) is 0 Å². The molecule has 0 saturated heterocycles. The van der Waals surface area contributed by atoms with Crippen LogP contribution >= 0.6 is 11.6 Å². The lowest BCUT2D eigenvalue weighted by atomic mass is 10.0. The molecule has 0 unspecified atom stereocenters. The maximum Gasteiger partial charge on any atom is 0.244 e. The fourth-order valence-electron chi connectivity index (χ4n) is 4.54. The van der Waals surface area contributed by atoms with Crippen LogP contribution in [-0.2, 0) is 32.6 Å². The number of hydrogen-bond acceptors (Lipinski definition) is 6. The summed E-state index contributed by atoms with van der Waals surface area (Å²) in [6.07, 6.45) is 0.247. The van der Waals surface area contributed by atoms with Gasteiger partial charge in [0, 0.05) is 30.6 Å². The van der Waals surface area contributed by atoms with Crippen LogP contribution in [-0.4, -0.2) is 63.2 Å². The standard InChI is InChI=1S/C30H34ClN3O6S/c1-3-32-30(36)26(18-22-8-6-5-7-9-22)33(20-23-10-12-24(31)13-11-23)29(35)21-34(41(37,38)4-2)25-14-15-27-28(19-25)40-17-16-39-27/h5-15,19,26H,3-4,16-18,20-21H2,1-2H3,(H,32,36)/t26-/m0/s1. The van der Waals surface area contributed by atoms with Gasteiger partial charge >= 0.3 is 0 Å². The normalized spacial score (nSPS) is 13.2. The molecule has 0 radical (unpaired) electrons. The van der Waals surface area contributed by atoms with Crippen molar-refractivity contribution in [3.05, 3.63) is 88.9 Å². The first-order valence-corrected chi connectivity index (χ1v) is 15.5. The van der Waals surface area contributed by atoms with Crippen molar-refractivity contribution in [2.45, 2.75) is 32.9 Å². The summed E-state index contributed by atoms with van der Waals surface area (Å²) in [6, 6.07) is 20.2. The first kappa shape index (κ1) is 30.2. The average Bonchev–Trinajstić information content (AvgIpc) is 2.98. The SMILES string of the molecule is CCNC(=O)[C@H](Cc1ccccc1)N(Cc1ccc(Cl)cc1)C(=O)CN(c1ccc2c(c1)OCCO2)S(=O)(=O)CC. The highest BCUT2D eigenvalue weighted by Gasteiger charge is 2.33. The van der Waals surface area contributed by atoms with E-state index in [1.165, 1.54) is 11.8 Å². The number of benzene rings is 3. The molecule has 2 amide bonds. The molecule has 9 nitrogen and oxygen atoms in total. The van der Waals surface area contributed by atoms with Crippen molar-refractivity contribution in [3.63, 3.8) is 0 Å². The maximum atomic E-state index is 14.1. The van der Waals surface area contributed by atoms with Crippen molar-refractivity contribution < 1.29 is 27.5 Å². The van der Waals surface area contributed by atoms with Gasteiger partial charge in [-0.05, 0) is 49.2 Å². The summed E-state index contributed by atoms with van der Waals surface area (Å²) in [4.78, 5) is 29.0. The largest absolute Gasteiger partial charge is 0.486 e. The highest BCUT2D eigenvalue weighted by Crippen LogP contribution is 2.35. The Bertz CT molecular complexity index is 1450. The van der Waals surface area contributed by atoms with E-state index >= 15 is 0 Å². The summed E-state index contributed by atoms with van der Waals surface area (Å²) >= 11 is 6.09. The third-order valence-corrected chi connectivity index (χ3v) is 8.67. The van der Waals surface area contributed by atoms with Gasteiger partial charge < -0.3 is 19.7 Å². The zero-order valence-electron chi connectivity index (χ0n) is 23.1. The molecular weight excluding hydrogens is 566 g/mol. The minimum Gasteiger partial charge on any atom is -0.486 e. The number of nitrogens with one attached hydrogen (secondary N) is 1. The minimum atomic E-state index is -3.89. The van der Waals surface area contributed by atoms with Crippen LogP contribution < -0.4 is 19.1 Å². The van der Waals surface area contributed by atoms with E-state index in [9.17, 15) is 18.0 Å². The number of carbonyl (C=O) groups is 2. The van der Waals surface area contributed by atoms with Crippen LogP contribution in [0.2, 0.25) is 5.02 Å². The molecule has 1 N–H and O–H groups in total. The molecule has 218 valence electrons. The van der Waals surface area contributed by atoms with Crippen LogP contribution in [0.15, 0.2) is 72.8 Å². The second-order valence-corrected chi connectivity index (χ2v) is 12.1. The van der Waals surface area contributed by atoms with E-state index in [2.05, 4.69) is 5.32 Å². The zero-order chi connectivity index (χ0) is 29.4. The van der Waals surface area contributed by atoms with Gasteiger partial charge in [0.2, 0.25) is 21.8 Å². The Hall–Kier alpha value is -3.76. The van der Waals surface area contributed by atoms with E-state index in [0.29, 0.717) is 36.3 Å². The van der Waals surface area contributed by atoms with E-state index in [4.69, 9.17) is 21.1 Å². The minimum absolute atomic E-state index is 0.0752. The van der Waals surface area contributed by atoms with Gasteiger partial charge in [-0.2, -0.15) is 0 Å². The first-order valence-electron chi connectivity index (χ1n) is 13.5. The summed E-state index contributed by atoms with van der Waals surface area (Å²) in [5.41, 5.74) is 1.88. The smallest absolute Gasteiger partial charge is 0.244 e. The Balaban J connectivity index is 1.73. The molecule has 0 aromatic heterocycles. The Kier molecular flexibility index (Phi) is 10.1. The monoisotopic (exact) mass is 599 g/mol. The van der Waals surface area contributed by atoms with Gasteiger partial charge in [-0.15, -0.1) is 0 Å². The third kappa shape index (κ3) is 7.71. The van der Waals surface area contributed by atoms with Crippen molar-refractivity contribution in [1.29, 1.82) is 0 Å². The maximum absolute atomic E-state index is 14.1. The number of fused-ring (bicyclic) bond motifs is 1. The van der Waals surface area contributed by atoms with Gasteiger partial charge in [-0.1, -0.05) is 54.1 Å². The lowest BCUT2D eigenvalue weighted by molar-refractivity contribution is -0.140. The van der Waals surface area contributed by atoms with Crippen LogP contribution in [0.25, 0.3) is 0 Å². The van der Waals surface area contributed by atoms with Crippen LogP contribution in [0.4, 0.5) is 5.69 Å². The molecule has 0 aliphatic carbocycles. The fourth-order valence-corrected chi connectivity index (χ4v) is 5.72. The van der Waals surface area contributed by atoms with Crippen molar-refractivity contribution in [3.8, 4) is 11.5 Å².